The lowest BCUT2D eigenvalue weighted by Gasteiger charge is -2.37. The third-order valence-electron chi connectivity index (χ3n) is 7.91. The van der Waals surface area contributed by atoms with Crippen molar-refractivity contribution in [3.05, 3.63) is 84.1 Å². The fourth-order valence-corrected chi connectivity index (χ4v) is 5.69. The number of nitrogen functional groups attached to an aromatic ring is 1. The molecular formula is C30H32N8O. The summed E-state index contributed by atoms with van der Waals surface area (Å²) in [4.78, 5) is 16.9. The van der Waals surface area contributed by atoms with Gasteiger partial charge in [0.1, 0.15) is 0 Å². The van der Waals surface area contributed by atoms with Crippen molar-refractivity contribution in [2.75, 3.05) is 56.4 Å². The van der Waals surface area contributed by atoms with Gasteiger partial charge in [-0.1, -0.05) is 36.4 Å². The molecule has 3 aromatic heterocycles. The maximum atomic E-state index is 6.26. The van der Waals surface area contributed by atoms with Gasteiger partial charge in [-0.25, -0.2) is 9.97 Å². The summed E-state index contributed by atoms with van der Waals surface area (Å²) in [6.07, 6.45) is 2.77. The van der Waals surface area contributed by atoms with Gasteiger partial charge in [0, 0.05) is 69.7 Å². The molecule has 0 aliphatic carbocycles. The molecule has 0 spiro atoms. The Kier molecular flexibility index (Phi) is 6.22. The van der Waals surface area contributed by atoms with Crippen LogP contribution in [0, 0.1) is 0 Å². The number of nitrogens with zero attached hydrogens (tertiary/aromatic N) is 7. The number of piperazine rings is 1. The van der Waals surface area contributed by atoms with Crippen molar-refractivity contribution in [3.8, 4) is 22.8 Å². The average Bonchev–Trinajstić information content (AvgIpc) is 3.67. The molecule has 0 atom stereocenters. The summed E-state index contributed by atoms with van der Waals surface area (Å²) in [5.74, 6) is 1.38. The van der Waals surface area contributed by atoms with E-state index in [2.05, 4.69) is 78.3 Å². The maximum Gasteiger partial charge on any atom is 0.223 e. The van der Waals surface area contributed by atoms with Crippen LogP contribution in [0.4, 0.5) is 11.6 Å². The monoisotopic (exact) mass is 520 g/mol. The van der Waals surface area contributed by atoms with Gasteiger partial charge in [0.2, 0.25) is 11.8 Å². The van der Waals surface area contributed by atoms with E-state index >= 15 is 0 Å². The molecule has 1 saturated heterocycles. The van der Waals surface area contributed by atoms with E-state index in [0.717, 1.165) is 70.0 Å². The second kappa shape index (κ2) is 10.2. The Balaban J connectivity index is 0.996. The highest BCUT2D eigenvalue weighted by Crippen LogP contribution is 2.27. The van der Waals surface area contributed by atoms with Gasteiger partial charge in [0.25, 0.3) is 0 Å². The zero-order valence-electron chi connectivity index (χ0n) is 21.9. The zero-order valence-corrected chi connectivity index (χ0v) is 21.9. The molecule has 2 aromatic carbocycles. The highest BCUT2D eigenvalue weighted by Gasteiger charge is 2.21. The van der Waals surface area contributed by atoms with E-state index in [1.165, 1.54) is 16.8 Å². The maximum absolute atomic E-state index is 6.26. The minimum atomic E-state index is 0.295. The first-order valence-corrected chi connectivity index (χ1v) is 13.6. The molecule has 9 nitrogen and oxygen atoms in total. The molecule has 1 fully saturated rings. The Morgan fingerprint density at radius 1 is 0.795 bits per heavy atom. The van der Waals surface area contributed by atoms with Crippen LogP contribution in [0.15, 0.2) is 77.4 Å². The summed E-state index contributed by atoms with van der Waals surface area (Å²) in [6.45, 7) is 8.65. The first-order valence-electron chi connectivity index (χ1n) is 13.6. The number of hydrogen-bond acceptors (Lipinski definition) is 8. The van der Waals surface area contributed by atoms with E-state index in [-0.39, 0.29) is 0 Å². The fraction of sp³-hybridized carbons (Fsp3) is 0.300. The highest BCUT2D eigenvalue weighted by atomic mass is 16.3. The molecule has 2 aliphatic heterocycles. The van der Waals surface area contributed by atoms with Gasteiger partial charge >= 0.3 is 0 Å². The summed E-state index contributed by atoms with van der Waals surface area (Å²) in [6, 6.07) is 23.0. The fourth-order valence-electron chi connectivity index (χ4n) is 5.69. The van der Waals surface area contributed by atoms with E-state index in [1.54, 1.807) is 10.8 Å². The van der Waals surface area contributed by atoms with Gasteiger partial charge in [-0.15, -0.1) is 5.10 Å². The number of benzene rings is 2. The van der Waals surface area contributed by atoms with Gasteiger partial charge in [-0.05, 0) is 41.8 Å². The van der Waals surface area contributed by atoms with E-state index in [9.17, 15) is 0 Å². The molecule has 0 saturated carbocycles. The largest absolute Gasteiger partial charge is 0.461 e. The lowest BCUT2D eigenvalue weighted by Crippen LogP contribution is -2.48. The molecule has 0 radical (unpaired) electrons. The predicted molar refractivity (Wildman–Crippen MR) is 152 cm³/mol. The number of furan rings is 1. The van der Waals surface area contributed by atoms with E-state index in [4.69, 9.17) is 10.2 Å². The first kappa shape index (κ1) is 23.9. The minimum Gasteiger partial charge on any atom is -0.461 e. The van der Waals surface area contributed by atoms with Gasteiger partial charge in [-0.3, -0.25) is 9.80 Å². The van der Waals surface area contributed by atoms with Crippen LogP contribution in [0.2, 0.25) is 0 Å². The number of anilines is 2. The van der Waals surface area contributed by atoms with Crippen LogP contribution in [0.5, 0.6) is 0 Å². The van der Waals surface area contributed by atoms with Gasteiger partial charge < -0.3 is 15.1 Å². The van der Waals surface area contributed by atoms with E-state index in [1.807, 2.05) is 18.2 Å². The molecule has 9 heteroatoms. The zero-order chi connectivity index (χ0) is 26.2. The Bertz CT molecular complexity index is 1590. The van der Waals surface area contributed by atoms with Gasteiger partial charge in [0.05, 0.1) is 12.0 Å². The van der Waals surface area contributed by atoms with Crippen LogP contribution in [0.25, 0.3) is 28.5 Å². The Labute approximate surface area is 227 Å². The second-order valence-corrected chi connectivity index (χ2v) is 10.4. The Hall–Kier alpha value is -4.21. The van der Waals surface area contributed by atoms with Crippen LogP contribution in [0.1, 0.15) is 11.1 Å². The molecule has 5 aromatic rings. The van der Waals surface area contributed by atoms with Gasteiger partial charge in [0.15, 0.2) is 11.4 Å². The molecule has 2 N–H and O–H groups in total. The molecule has 0 amide bonds. The average molecular weight is 521 g/mol. The van der Waals surface area contributed by atoms with Crippen LogP contribution >= 0.6 is 0 Å². The van der Waals surface area contributed by atoms with Crippen molar-refractivity contribution in [2.45, 2.75) is 13.0 Å². The summed E-state index contributed by atoms with van der Waals surface area (Å²) in [7, 11) is 0. The Morgan fingerprint density at radius 2 is 1.64 bits per heavy atom. The van der Waals surface area contributed by atoms with Crippen molar-refractivity contribution < 1.29 is 4.42 Å². The second-order valence-electron chi connectivity index (χ2n) is 10.4. The number of hydrogen-bond donors (Lipinski definition) is 1. The predicted octanol–water partition coefficient (Wildman–Crippen LogP) is 3.81. The topological polar surface area (TPSA) is 92.0 Å². The lowest BCUT2D eigenvalue weighted by molar-refractivity contribution is 0.187. The molecule has 2 aliphatic rings. The van der Waals surface area contributed by atoms with Crippen LogP contribution in [-0.2, 0) is 13.0 Å². The molecule has 0 bridgehead atoms. The minimum absolute atomic E-state index is 0.295. The van der Waals surface area contributed by atoms with Gasteiger partial charge in [-0.2, -0.15) is 4.52 Å². The molecule has 0 unspecified atom stereocenters. The van der Waals surface area contributed by atoms with Crippen molar-refractivity contribution in [1.29, 1.82) is 0 Å². The summed E-state index contributed by atoms with van der Waals surface area (Å²) in [5, 5.41) is 4.45. The smallest absolute Gasteiger partial charge is 0.223 e. The van der Waals surface area contributed by atoms with Crippen molar-refractivity contribution in [3.63, 3.8) is 0 Å². The van der Waals surface area contributed by atoms with E-state index < -0.39 is 0 Å². The quantitative estimate of drug-likeness (QED) is 0.361. The van der Waals surface area contributed by atoms with Crippen molar-refractivity contribution in [1.82, 2.24) is 29.4 Å². The number of fused-ring (bicyclic) bond motifs is 2. The SMILES string of the molecule is Nc1nc(-c2cccc(N3CCN(CCN4CCc5ccccc5C4)CC3)c2)cc2nc(-c3ccco3)nn12. The summed E-state index contributed by atoms with van der Waals surface area (Å²) in [5.41, 5.74) is 12.9. The van der Waals surface area contributed by atoms with Crippen molar-refractivity contribution >= 4 is 17.3 Å². The molecule has 7 rings (SSSR count). The lowest BCUT2D eigenvalue weighted by atomic mass is 10.00. The van der Waals surface area contributed by atoms with Crippen LogP contribution in [-0.4, -0.2) is 75.2 Å². The van der Waals surface area contributed by atoms with E-state index in [0.29, 0.717) is 23.2 Å². The third-order valence-corrected chi connectivity index (χ3v) is 7.91. The highest BCUT2D eigenvalue weighted by molar-refractivity contribution is 5.70. The third kappa shape index (κ3) is 4.86. The molecule has 198 valence electrons. The number of rotatable bonds is 6. The summed E-state index contributed by atoms with van der Waals surface area (Å²) < 4.78 is 6.99. The number of nitrogens with two attached hydrogens (primary N) is 1. The van der Waals surface area contributed by atoms with Crippen LogP contribution in [0.3, 0.4) is 0 Å². The molecular weight excluding hydrogens is 488 g/mol. The van der Waals surface area contributed by atoms with Crippen LogP contribution < -0.4 is 10.6 Å². The first-order chi connectivity index (χ1) is 19.2. The summed E-state index contributed by atoms with van der Waals surface area (Å²) >= 11 is 0. The molecule has 5 heterocycles. The standard InChI is InChI=1S/C30H32N8O/c31-30-32-26(20-28-33-29(34-38(28)30)27-9-4-18-39-27)23-7-3-8-25(19-23)37-16-14-35(15-17-37)12-13-36-11-10-22-5-1-2-6-24(22)21-36/h1-9,18-20H,10-17,21H2,(H2,31,32). The Morgan fingerprint density at radius 3 is 2.49 bits per heavy atom. The molecule has 39 heavy (non-hydrogen) atoms. The normalized spacial score (nSPS) is 16.6. The van der Waals surface area contributed by atoms with Crippen molar-refractivity contribution in [2.24, 2.45) is 0 Å². The number of aromatic nitrogens is 4.